The van der Waals surface area contributed by atoms with Gasteiger partial charge in [0.05, 0.1) is 11.8 Å². The van der Waals surface area contributed by atoms with Crippen molar-refractivity contribution in [3.63, 3.8) is 0 Å². The van der Waals surface area contributed by atoms with E-state index >= 15 is 0 Å². The number of imide groups is 1. The lowest BCUT2D eigenvalue weighted by Gasteiger charge is -2.24. The van der Waals surface area contributed by atoms with Gasteiger partial charge >= 0.3 is 0 Å². The van der Waals surface area contributed by atoms with Gasteiger partial charge in [-0.1, -0.05) is 12.8 Å². The van der Waals surface area contributed by atoms with Crippen molar-refractivity contribution in [3.05, 3.63) is 0 Å². The van der Waals surface area contributed by atoms with Gasteiger partial charge in [-0.3, -0.25) is 14.5 Å². The Hall–Kier alpha value is -0.900. The number of aliphatic hydroxyl groups excluding tert-OH is 1. The molecule has 2 atom stereocenters. The van der Waals surface area contributed by atoms with E-state index in [1.807, 2.05) is 0 Å². The molecular formula is C11H15NO3. The van der Waals surface area contributed by atoms with Crippen LogP contribution in [0.4, 0.5) is 0 Å². The van der Waals surface area contributed by atoms with Crippen molar-refractivity contribution in [2.45, 2.75) is 31.7 Å². The predicted octanol–water partition coefficient (Wildman–Crippen LogP) is 0.152. The third kappa shape index (κ3) is 1.11. The molecular weight excluding hydrogens is 194 g/mol. The topological polar surface area (TPSA) is 57.6 Å². The molecule has 0 aromatic carbocycles. The number of aliphatic hydroxyl groups is 1. The summed E-state index contributed by atoms with van der Waals surface area (Å²) < 4.78 is 0. The Bertz CT molecular complexity index is 300. The van der Waals surface area contributed by atoms with E-state index in [0.29, 0.717) is 0 Å². The van der Waals surface area contributed by atoms with Crippen molar-refractivity contribution in [2.24, 2.45) is 17.8 Å². The number of likely N-dealkylation sites (tertiary alicyclic amines) is 1. The Morgan fingerprint density at radius 2 is 1.67 bits per heavy atom. The van der Waals surface area contributed by atoms with Crippen molar-refractivity contribution in [3.8, 4) is 0 Å². The third-order valence-electron chi connectivity index (χ3n) is 4.11. The van der Waals surface area contributed by atoms with Crippen molar-refractivity contribution in [2.75, 3.05) is 6.61 Å². The fraction of sp³-hybridized carbons (Fsp3) is 0.818. The van der Waals surface area contributed by atoms with Crippen molar-refractivity contribution in [1.29, 1.82) is 0 Å². The van der Waals surface area contributed by atoms with Crippen LogP contribution >= 0.6 is 0 Å². The molecule has 3 aliphatic rings. The largest absolute Gasteiger partial charge is 0.396 e. The summed E-state index contributed by atoms with van der Waals surface area (Å²) in [5.74, 6) is -0.458. The zero-order valence-electron chi connectivity index (χ0n) is 8.56. The average molecular weight is 209 g/mol. The second-order valence-electron chi connectivity index (χ2n) is 4.88. The van der Waals surface area contributed by atoms with Gasteiger partial charge in [-0.25, -0.2) is 0 Å². The maximum atomic E-state index is 11.9. The summed E-state index contributed by atoms with van der Waals surface area (Å²) in [6.45, 7) is -0.0225. The van der Waals surface area contributed by atoms with Crippen molar-refractivity contribution >= 4 is 11.8 Å². The van der Waals surface area contributed by atoms with Crippen LogP contribution in [-0.4, -0.2) is 34.5 Å². The van der Waals surface area contributed by atoms with E-state index in [4.69, 9.17) is 5.11 Å². The van der Waals surface area contributed by atoms with Gasteiger partial charge in [-0.15, -0.1) is 0 Å². The molecule has 0 spiro atoms. The molecule has 3 rings (SSSR count). The molecule has 0 aromatic rings. The summed E-state index contributed by atoms with van der Waals surface area (Å²) >= 11 is 0. The van der Waals surface area contributed by atoms with Gasteiger partial charge in [0.15, 0.2) is 0 Å². The average Bonchev–Trinajstić information content (AvgIpc) is 2.60. The van der Waals surface area contributed by atoms with Gasteiger partial charge in [-0.2, -0.15) is 0 Å². The van der Waals surface area contributed by atoms with Gasteiger partial charge in [0, 0.05) is 18.6 Å². The standard InChI is InChI=1S/C11H15NO3/c13-5-7-8-9(7)11(15)12(10(8)14)6-3-1-2-4-6/h6-9,13H,1-5H2. The van der Waals surface area contributed by atoms with E-state index in [0.717, 1.165) is 25.7 Å². The fourth-order valence-electron chi connectivity index (χ4n) is 3.23. The van der Waals surface area contributed by atoms with Crippen LogP contribution in [0.15, 0.2) is 0 Å². The molecule has 2 unspecified atom stereocenters. The molecule has 2 amide bonds. The van der Waals surface area contributed by atoms with Crippen LogP contribution in [0.25, 0.3) is 0 Å². The molecule has 4 nitrogen and oxygen atoms in total. The fourth-order valence-corrected chi connectivity index (χ4v) is 3.23. The highest BCUT2D eigenvalue weighted by atomic mass is 16.3. The molecule has 3 fully saturated rings. The molecule has 0 aromatic heterocycles. The molecule has 0 radical (unpaired) electrons. The SMILES string of the molecule is O=C1C2C(CO)C2C(=O)N1C1CCCC1. The summed E-state index contributed by atoms with van der Waals surface area (Å²) in [6.07, 6.45) is 4.20. The molecule has 82 valence electrons. The number of carbonyl (C=O) groups is 2. The van der Waals surface area contributed by atoms with Crippen LogP contribution in [0.3, 0.4) is 0 Å². The Balaban J connectivity index is 1.78. The highest BCUT2D eigenvalue weighted by molar-refractivity contribution is 6.09. The zero-order chi connectivity index (χ0) is 10.6. The van der Waals surface area contributed by atoms with Crippen LogP contribution in [0, 0.1) is 17.8 Å². The summed E-state index contributed by atoms with van der Waals surface area (Å²) in [5, 5.41) is 8.98. The van der Waals surface area contributed by atoms with Gasteiger partial charge < -0.3 is 5.11 Å². The van der Waals surface area contributed by atoms with Crippen LogP contribution in [0.5, 0.6) is 0 Å². The van der Waals surface area contributed by atoms with Gasteiger partial charge in [0.1, 0.15) is 0 Å². The van der Waals surface area contributed by atoms with Crippen LogP contribution < -0.4 is 0 Å². The van der Waals surface area contributed by atoms with E-state index in [-0.39, 0.29) is 42.2 Å². The lowest BCUT2D eigenvalue weighted by Crippen LogP contribution is -2.41. The molecule has 1 N–H and O–H groups in total. The Labute approximate surface area is 88.2 Å². The van der Waals surface area contributed by atoms with Crippen LogP contribution in [-0.2, 0) is 9.59 Å². The first-order valence-corrected chi connectivity index (χ1v) is 5.73. The first kappa shape index (κ1) is 9.33. The zero-order valence-corrected chi connectivity index (χ0v) is 8.56. The minimum atomic E-state index is -0.178. The molecule has 1 heterocycles. The predicted molar refractivity (Wildman–Crippen MR) is 51.7 cm³/mol. The second-order valence-corrected chi connectivity index (χ2v) is 4.88. The Kier molecular flexibility index (Phi) is 1.89. The van der Waals surface area contributed by atoms with Crippen molar-refractivity contribution in [1.82, 2.24) is 4.90 Å². The van der Waals surface area contributed by atoms with Crippen LogP contribution in [0.1, 0.15) is 25.7 Å². The second kappa shape index (κ2) is 3.04. The molecule has 2 aliphatic carbocycles. The number of piperidine rings is 1. The van der Waals surface area contributed by atoms with E-state index < -0.39 is 0 Å². The number of nitrogens with zero attached hydrogens (tertiary/aromatic N) is 1. The maximum Gasteiger partial charge on any atom is 0.233 e. The summed E-state index contributed by atoms with van der Waals surface area (Å²) in [5.41, 5.74) is 0. The van der Waals surface area contributed by atoms with Crippen molar-refractivity contribution < 1.29 is 14.7 Å². The number of hydrogen-bond acceptors (Lipinski definition) is 3. The lowest BCUT2D eigenvalue weighted by molar-refractivity contribution is -0.145. The highest BCUT2D eigenvalue weighted by Crippen LogP contribution is 2.54. The molecule has 15 heavy (non-hydrogen) atoms. The number of hydrogen-bond donors (Lipinski definition) is 1. The quantitative estimate of drug-likeness (QED) is 0.659. The monoisotopic (exact) mass is 209 g/mol. The van der Waals surface area contributed by atoms with E-state index in [9.17, 15) is 9.59 Å². The smallest absolute Gasteiger partial charge is 0.233 e. The van der Waals surface area contributed by atoms with E-state index in [2.05, 4.69) is 0 Å². The van der Waals surface area contributed by atoms with Gasteiger partial charge in [0.2, 0.25) is 11.8 Å². The highest BCUT2D eigenvalue weighted by Gasteiger charge is 2.67. The number of fused-ring (bicyclic) bond motifs is 1. The van der Waals surface area contributed by atoms with Gasteiger partial charge in [-0.05, 0) is 12.8 Å². The molecule has 4 heteroatoms. The van der Waals surface area contributed by atoms with Crippen LogP contribution in [0.2, 0.25) is 0 Å². The Morgan fingerprint density at radius 1 is 1.13 bits per heavy atom. The van der Waals surface area contributed by atoms with E-state index in [1.165, 1.54) is 4.90 Å². The number of amides is 2. The molecule has 1 aliphatic heterocycles. The normalized spacial score (nSPS) is 40.1. The summed E-state index contributed by atoms with van der Waals surface area (Å²) in [4.78, 5) is 25.3. The summed E-state index contributed by atoms with van der Waals surface area (Å²) in [6, 6.07) is 0.164. The van der Waals surface area contributed by atoms with E-state index in [1.54, 1.807) is 0 Å². The summed E-state index contributed by atoms with van der Waals surface area (Å²) in [7, 11) is 0. The number of rotatable bonds is 2. The third-order valence-corrected chi connectivity index (χ3v) is 4.11. The minimum absolute atomic E-state index is 0.0176. The lowest BCUT2D eigenvalue weighted by atomic mass is 10.2. The van der Waals surface area contributed by atoms with Gasteiger partial charge in [0.25, 0.3) is 0 Å². The minimum Gasteiger partial charge on any atom is -0.396 e. The molecule has 2 saturated carbocycles. The first-order valence-electron chi connectivity index (χ1n) is 5.73. The number of carbonyl (C=O) groups excluding carboxylic acids is 2. The first-order chi connectivity index (χ1) is 7.25. The Morgan fingerprint density at radius 3 is 2.13 bits per heavy atom. The maximum absolute atomic E-state index is 11.9. The molecule has 0 bridgehead atoms. The molecule has 1 saturated heterocycles.